The van der Waals surface area contributed by atoms with E-state index in [1.165, 1.54) is 0 Å². The van der Waals surface area contributed by atoms with Crippen LogP contribution >= 0.6 is 12.2 Å². The summed E-state index contributed by atoms with van der Waals surface area (Å²) in [5.41, 5.74) is 6.64. The van der Waals surface area contributed by atoms with Crippen molar-refractivity contribution in [2.24, 2.45) is 11.7 Å². The van der Waals surface area contributed by atoms with Crippen molar-refractivity contribution in [1.29, 1.82) is 0 Å². The molecule has 1 aromatic rings. The van der Waals surface area contributed by atoms with Gasteiger partial charge >= 0.3 is 0 Å². The van der Waals surface area contributed by atoms with E-state index < -0.39 is 0 Å². The second-order valence-electron chi connectivity index (χ2n) is 5.61. The van der Waals surface area contributed by atoms with Gasteiger partial charge in [-0.05, 0) is 11.5 Å². The number of carbonyl (C=O) groups excluding carboxylic acids is 1. The van der Waals surface area contributed by atoms with E-state index in [0.717, 1.165) is 18.7 Å². The minimum atomic E-state index is 0.0300. The molecule has 5 heteroatoms. The average molecular weight is 307 g/mol. The molecule has 0 heterocycles. The van der Waals surface area contributed by atoms with Crippen LogP contribution in [0.4, 0.5) is 0 Å². The Morgan fingerprint density at radius 2 is 2.00 bits per heavy atom. The predicted molar refractivity (Wildman–Crippen MR) is 91.0 cm³/mol. The molecule has 1 rings (SSSR count). The lowest BCUT2D eigenvalue weighted by molar-refractivity contribution is -0.122. The molecule has 0 aliphatic carbocycles. The van der Waals surface area contributed by atoms with Crippen molar-refractivity contribution >= 4 is 23.1 Å². The van der Waals surface area contributed by atoms with Crippen molar-refractivity contribution in [3.63, 3.8) is 0 Å². The van der Waals surface area contributed by atoms with Crippen LogP contribution in [0.3, 0.4) is 0 Å². The molecule has 1 aromatic carbocycles. The molecule has 0 bridgehead atoms. The Kier molecular flexibility index (Phi) is 7.93. The highest BCUT2D eigenvalue weighted by Crippen LogP contribution is 2.01. The van der Waals surface area contributed by atoms with E-state index in [2.05, 4.69) is 24.1 Å². The van der Waals surface area contributed by atoms with Crippen LogP contribution in [-0.4, -0.2) is 35.4 Å². The number of hydrogen-bond donors (Lipinski definition) is 2. The molecule has 0 aromatic heterocycles. The molecule has 0 aliphatic heterocycles. The molecular formula is C16H25N3OS. The Balaban J connectivity index is 2.41. The normalized spacial score (nSPS) is 10.9. The molecule has 0 aliphatic rings. The monoisotopic (exact) mass is 307 g/mol. The minimum absolute atomic E-state index is 0.0300. The molecule has 0 radical (unpaired) electrons. The van der Waals surface area contributed by atoms with Crippen molar-refractivity contribution < 1.29 is 4.79 Å². The highest BCUT2D eigenvalue weighted by molar-refractivity contribution is 7.80. The third kappa shape index (κ3) is 8.42. The summed E-state index contributed by atoms with van der Waals surface area (Å²) < 4.78 is 0. The predicted octanol–water partition coefficient (Wildman–Crippen LogP) is 1.94. The van der Waals surface area contributed by atoms with Crippen LogP contribution in [-0.2, 0) is 11.3 Å². The number of benzene rings is 1. The standard InChI is InChI=1S/C16H25N3OS/c1-13(2)11-19(9-8-15(17)21)12-16(20)18-10-14-6-4-3-5-7-14/h3-7,13H,8-12H2,1-2H3,(H2,17,21)(H,18,20). The van der Waals surface area contributed by atoms with Gasteiger partial charge in [0.05, 0.1) is 11.5 Å². The van der Waals surface area contributed by atoms with Crippen molar-refractivity contribution in [1.82, 2.24) is 10.2 Å². The summed E-state index contributed by atoms with van der Waals surface area (Å²) in [4.78, 5) is 14.6. The fraction of sp³-hybridized carbons (Fsp3) is 0.500. The molecule has 116 valence electrons. The zero-order chi connectivity index (χ0) is 15.7. The second-order valence-corrected chi connectivity index (χ2v) is 6.13. The number of nitrogens with one attached hydrogen (secondary N) is 1. The molecular weight excluding hydrogens is 282 g/mol. The van der Waals surface area contributed by atoms with E-state index in [4.69, 9.17) is 18.0 Å². The second kappa shape index (κ2) is 9.47. The quantitative estimate of drug-likeness (QED) is 0.685. The molecule has 1 amide bonds. The van der Waals surface area contributed by atoms with Gasteiger partial charge in [-0.15, -0.1) is 0 Å². The van der Waals surface area contributed by atoms with Gasteiger partial charge in [-0.3, -0.25) is 9.69 Å². The van der Waals surface area contributed by atoms with E-state index >= 15 is 0 Å². The van der Waals surface area contributed by atoms with Gasteiger partial charge in [-0.1, -0.05) is 56.4 Å². The van der Waals surface area contributed by atoms with Gasteiger partial charge in [-0.25, -0.2) is 0 Å². The maximum Gasteiger partial charge on any atom is 0.234 e. The van der Waals surface area contributed by atoms with Crippen LogP contribution < -0.4 is 11.1 Å². The van der Waals surface area contributed by atoms with Gasteiger partial charge in [0.25, 0.3) is 0 Å². The number of thiocarbonyl (C=S) groups is 1. The van der Waals surface area contributed by atoms with Crippen LogP contribution in [0.25, 0.3) is 0 Å². The summed E-state index contributed by atoms with van der Waals surface area (Å²) in [5.74, 6) is 0.528. The minimum Gasteiger partial charge on any atom is -0.393 e. The lowest BCUT2D eigenvalue weighted by atomic mass is 10.2. The average Bonchev–Trinajstić information content (AvgIpc) is 2.43. The summed E-state index contributed by atoms with van der Waals surface area (Å²) >= 11 is 4.91. The topological polar surface area (TPSA) is 58.4 Å². The van der Waals surface area contributed by atoms with Gasteiger partial charge in [-0.2, -0.15) is 0 Å². The molecule has 4 nitrogen and oxygen atoms in total. The Morgan fingerprint density at radius 3 is 2.57 bits per heavy atom. The lowest BCUT2D eigenvalue weighted by Gasteiger charge is -2.23. The zero-order valence-corrected chi connectivity index (χ0v) is 13.7. The number of nitrogens with zero attached hydrogens (tertiary/aromatic N) is 1. The van der Waals surface area contributed by atoms with Gasteiger partial charge in [0.1, 0.15) is 0 Å². The summed E-state index contributed by atoms with van der Waals surface area (Å²) in [6, 6.07) is 9.90. The summed E-state index contributed by atoms with van der Waals surface area (Å²) in [5, 5.41) is 2.95. The third-order valence-corrected chi connectivity index (χ3v) is 3.20. The third-order valence-electron chi connectivity index (χ3n) is 3.00. The molecule has 0 spiro atoms. The highest BCUT2D eigenvalue weighted by Gasteiger charge is 2.12. The summed E-state index contributed by atoms with van der Waals surface area (Å²) in [7, 11) is 0. The Labute approximate surface area is 132 Å². The molecule has 21 heavy (non-hydrogen) atoms. The first kappa shape index (κ1) is 17.6. The van der Waals surface area contributed by atoms with E-state index in [-0.39, 0.29) is 5.91 Å². The van der Waals surface area contributed by atoms with Gasteiger partial charge in [0, 0.05) is 26.1 Å². The number of hydrogen-bond acceptors (Lipinski definition) is 3. The van der Waals surface area contributed by atoms with Gasteiger partial charge < -0.3 is 11.1 Å². The fourth-order valence-electron chi connectivity index (χ4n) is 2.08. The molecule has 0 unspecified atom stereocenters. The van der Waals surface area contributed by atoms with Crippen LogP contribution in [0.1, 0.15) is 25.8 Å². The van der Waals surface area contributed by atoms with Crippen LogP contribution in [0.15, 0.2) is 30.3 Å². The lowest BCUT2D eigenvalue weighted by Crippen LogP contribution is -2.40. The Hall–Kier alpha value is -1.46. The van der Waals surface area contributed by atoms with Crippen LogP contribution in [0.5, 0.6) is 0 Å². The maximum absolute atomic E-state index is 12.0. The molecule has 0 saturated carbocycles. The number of nitrogens with two attached hydrogens (primary N) is 1. The van der Waals surface area contributed by atoms with Crippen LogP contribution in [0, 0.1) is 5.92 Å². The first-order valence-corrected chi connectivity index (χ1v) is 7.69. The first-order valence-electron chi connectivity index (χ1n) is 7.28. The molecule has 0 saturated heterocycles. The number of amides is 1. The molecule has 0 fully saturated rings. The SMILES string of the molecule is CC(C)CN(CCC(N)=S)CC(=O)NCc1ccccc1. The zero-order valence-electron chi connectivity index (χ0n) is 12.8. The van der Waals surface area contributed by atoms with E-state index in [9.17, 15) is 4.79 Å². The summed E-state index contributed by atoms with van der Waals surface area (Å²) in [6.45, 7) is 6.80. The highest BCUT2D eigenvalue weighted by atomic mass is 32.1. The van der Waals surface area contributed by atoms with E-state index in [1.807, 2.05) is 30.3 Å². The van der Waals surface area contributed by atoms with E-state index in [0.29, 0.717) is 30.4 Å². The molecule has 0 atom stereocenters. The van der Waals surface area contributed by atoms with Crippen LogP contribution in [0.2, 0.25) is 0 Å². The van der Waals surface area contributed by atoms with Crippen molar-refractivity contribution in [3.8, 4) is 0 Å². The smallest absolute Gasteiger partial charge is 0.234 e. The Morgan fingerprint density at radius 1 is 1.33 bits per heavy atom. The van der Waals surface area contributed by atoms with Crippen molar-refractivity contribution in [2.75, 3.05) is 19.6 Å². The van der Waals surface area contributed by atoms with Crippen molar-refractivity contribution in [3.05, 3.63) is 35.9 Å². The number of rotatable bonds is 9. The first-order chi connectivity index (χ1) is 9.97. The molecule has 3 N–H and O–H groups in total. The van der Waals surface area contributed by atoms with Crippen molar-refractivity contribution in [2.45, 2.75) is 26.8 Å². The largest absolute Gasteiger partial charge is 0.393 e. The van der Waals surface area contributed by atoms with Gasteiger partial charge in [0.2, 0.25) is 5.91 Å². The van der Waals surface area contributed by atoms with Gasteiger partial charge in [0.15, 0.2) is 0 Å². The van der Waals surface area contributed by atoms with E-state index in [1.54, 1.807) is 0 Å². The Bertz CT molecular complexity index is 448. The fourth-order valence-corrected chi connectivity index (χ4v) is 2.17. The maximum atomic E-state index is 12.0. The number of carbonyl (C=O) groups is 1. The summed E-state index contributed by atoms with van der Waals surface area (Å²) in [6.07, 6.45) is 0.647.